The van der Waals surface area contributed by atoms with Crippen molar-refractivity contribution in [2.45, 2.75) is 6.42 Å². The molecule has 156 valence electrons. The van der Waals surface area contributed by atoms with Gasteiger partial charge < -0.3 is 25.4 Å². The Hall–Kier alpha value is 0.933. The van der Waals surface area contributed by atoms with Crippen LogP contribution in [0.3, 0.4) is 0 Å². The van der Waals surface area contributed by atoms with E-state index in [1.165, 1.54) is 36.4 Å². The van der Waals surface area contributed by atoms with Crippen LogP contribution >= 0.6 is 0 Å². The van der Waals surface area contributed by atoms with Crippen LogP contribution in [0.25, 0.3) is 0 Å². The van der Waals surface area contributed by atoms with Crippen molar-refractivity contribution in [2.75, 3.05) is 0 Å². The molecule has 14 heteroatoms. The molecular weight excluding hydrogens is 512 g/mol. The molecule has 0 aromatic heterocycles. The van der Waals surface area contributed by atoms with Crippen LogP contribution in [-0.4, -0.2) is 46.0 Å². The zero-order valence-electron chi connectivity index (χ0n) is 22.5. The molecule has 0 aliphatic heterocycles. The number of ether oxygens (including phenoxy) is 2. The van der Waals surface area contributed by atoms with Crippen molar-refractivity contribution >= 4 is 35.8 Å². The van der Waals surface area contributed by atoms with Gasteiger partial charge in [0.05, 0.1) is 22.3 Å². The second kappa shape index (κ2) is 19.1. The summed E-state index contributed by atoms with van der Waals surface area (Å²) in [5.41, 5.74) is -0.873. The van der Waals surface area contributed by atoms with Crippen molar-refractivity contribution in [3.8, 4) is 0 Å². The van der Waals surface area contributed by atoms with Crippen molar-refractivity contribution < 1.29 is 216 Å². The molecule has 0 bridgehead atoms. The van der Waals surface area contributed by atoms with Crippen molar-refractivity contribution in [3.05, 3.63) is 70.8 Å². The predicted octanol–water partition coefficient (Wildman–Crippen LogP) is -9.99. The van der Waals surface area contributed by atoms with Gasteiger partial charge in [0.15, 0.2) is 0 Å². The van der Waals surface area contributed by atoms with Crippen molar-refractivity contribution in [3.63, 3.8) is 0 Å². The van der Waals surface area contributed by atoms with Crippen LogP contribution in [0.2, 0.25) is 0 Å². The zero-order valence-corrected chi connectivity index (χ0v) is 28.7. The van der Waals surface area contributed by atoms with E-state index in [9.17, 15) is 28.8 Å². The van der Waals surface area contributed by atoms with Gasteiger partial charge in [-0.15, -0.1) is 0 Å². The van der Waals surface area contributed by atoms with E-state index in [0.29, 0.717) is 0 Å². The molecule has 0 aliphatic rings. The molecule has 2 aromatic rings. The van der Waals surface area contributed by atoms with E-state index in [1.54, 1.807) is 0 Å². The van der Waals surface area contributed by atoms with Crippen LogP contribution in [0.15, 0.2) is 48.5 Å². The van der Waals surface area contributed by atoms with E-state index in [2.05, 4.69) is 9.47 Å². The fourth-order valence-corrected chi connectivity index (χ4v) is 2.07. The maximum atomic E-state index is 11.8. The van der Waals surface area contributed by atoms with Crippen LogP contribution in [-0.2, 0) is 19.1 Å². The second-order valence-electron chi connectivity index (χ2n) is 5.47. The van der Waals surface area contributed by atoms with Gasteiger partial charge in [-0.1, -0.05) is 12.1 Å². The van der Waals surface area contributed by atoms with E-state index in [-0.39, 0.29) is 190 Å². The molecule has 0 unspecified atom stereocenters. The number of hydrogen-bond donors (Lipinski definition) is 2. The summed E-state index contributed by atoms with van der Waals surface area (Å²) in [4.78, 5) is 68.8. The molecule has 2 rings (SSSR count). The molecule has 0 amide bonds. The van der Waals surface area contributed by atoms with Crippen molar-refractivity contribution in [1.29, 1.82) is 0 Å². The third kappa shape index (κ3) is 13.2. The first-order chi connectivity index (χ1) is 13.7. The zero-order chi connectivity index (χ0) is 21.6. The summed E-state index contributed by atoms with van der Waals surface area (Å²) in [5, 5.41) is 17.7. The Balaban J connectivity index is -0.000000225. The number of carbonyl (C=O) groups excluding carboxylic acids is 4. The minimum atomic E-state index is -1.33. The smallest absolute Gasteiger partial charge is 1.00 e. The summed E-state index contributed by atoms with van der Waals surface area (Å²) in [6.07, 6.45) is -1.07. The van der Waals surface area contributed by atoms with E-state index < -0.39 is 42.2 Å². The molecule has 0 atom stereocenters. The van der Waals surface area contributed by atoms with Gasteiger partial charge in [-0.2, -0.15) is 0 Å². The fraction of sp³-hybridized carbons (Fsp3) is 0.0526. The van der Waals surface area contributed by atoms with Crippen molar-refractivity contribution in [1.82, 2.24) is 0 Å². The number of carboxylic acid groups (broad SMARTS) is 2. The SMILES string of the molecule is O=C(CC(=O)OC(=O)c1cccc(C(=O)O)c1)OC(=O)c1cccc(C(=O)O)c1.[H-].[H-].[H-].[H-].[K+].[K+].[Na+].[Na+]. The van der Waals surface area contributed by atoms with Gasteiger partial charge in [0.2, 0.25) is 0 Å². The van der Waals surface area contributed by atoms with Crippen LogP contribution in [0.5, 0.6) is 0 Å². The second-order valence-corrected chi connectivity index (χ2v) is 5.47. The Morgan fingerprint density at radius 2 is 0.939 bits per heavy atom. The summed E-state index contributed by atoms with van der Waals surface area (Å²) >= 11 is 0. The van der Waals surface area contributed by atoms with Gasteiger partial charge in [0.1, 0.15) is 6.42 Å². The average Bonchev–Trinajstić information content (AvgIpc) is 2.67. The number of benzene rings is 2. The summed E-state index contributed by atoms with van der Waals surface area (Å²) in [6, 6.07) is 9.36. The molecule has 0 heterocycles. The Labute approximate surface area is 322 Å². The van der Waals surface area contributed by atoms with E-state index in [1.807, 2.05) is 0 Å². The first kappa shape index (κ1) is 38.5. The normalized spacial score (nSPS) is 8.73. The maximum absolute atomic E-state index is 11.8. The molecule has 33 heavy (non-hydrogen) atoms. The molecule has 10 nitrogen and oxygen atoms in total. The minimum absolute atomic E-state index is 0. The molecule has 2 N–H and O–H groups in total. The van der Waals surface area contributed by atoms with Crippen LogP contribution in [0.4, 0.5) is 0 Å². The molecule has 2 aromatic carbocycles. The van der Waals surface area contributed by atoms with E-state index in [0.717, 1.165) is 12.1 Å². The van der Waals surface area contributed by atoms with Crippen LogP contribution < -0.4 is 162 Å². The molecule has 0 fully saturated rings. The Bertz CT molecular complexity index is 980. The monoisotopic (exact) mass is 528 g/mol. The molecular formula is C19H16K2Na2O10. The fourth-order valence-electron chi connectivity index (χ4n) is 2.07. The van der Waals surface area contributed by atoms with Gasteiger partial charge in [-0.3, -0.25) is 9.59 Å². The summed E-state index contributed by atoms with van der Waals surface area (Å²) < 4.78 is 8.84. The van der Waals surface area contributed by atoms with Gasteiger partial charge >= 0.3 is 198 Å². The quantitative estimate of drug-likeness (QED) is 0.209. The van der Waals surface area contributed by atoms with Crippen molar-refractivity contribution in [2.24, 2.45) is 0 Å². The first-order valence-electron chi connectivity index (χ1n) is 7.84. The first-order valence-corrected chi connectivity index (χ1v) is 7.84. The number of rotatable bonds is 6. The Morgan fingerprint density at radius 3 is 1.24 bits per heavy atom. The summed E-state index contributed by atoms with van der Waals surface area (Å²) in [6.45, 7) is 0. The van der Waals surface area contributed by atoms with E-state index in [4.69, 9.17) is 10.2 Å². The number of esters is 4. The predicted molar refractivity (Wildman–Crippen MR) is 96.7 cm³/mol. The number of hydrogen-bond acceptors (Lipinski definition) is 8. The average molecular weight is 529 g/mol. The Kier molecular flexibility index (Phi) is 22.3. The third-order valence-electron chi connectivity index (χ3n) is 3.39. The Morgan fingerprint density at radius 1 is 0.636 bits per heavy atom. The molecule has 0 saturated carbocycles. The number of aromatic carboxylic acids is 2. The number of carboxylic acids is 2. The molecule has 0 aliphatic carbocycles. The molecule has 0 radical (unpaired) electrons. The third-order valence-corrected chi connectivity index (χ3v) is 3.39. The standard InChI is InChI=1S/C19H12O10.2K.2Na.4H/c20-14(28-18(26)12-5-1-3-10(7-12)16(22)23)9-15(21)29-19(27)13-6-2-4-11(8-13)17(24)25;;;;;;;;/h1-8H,9H2,(H,22,23)(H,24,25);;;;;;;;/q;4*+1;4*-1. The van der Waals surface area contributed by atoms with Crippen LogP contribution in [0.1, 0.15) is 53.6 Å². The van der Waals surface area contributed by atoms with Gasteiger partial charge in [-0.05, 0) is 36.4 Å². The van der Waals surface area contributed by atoms with Gasteiger partial charge in [0, 0.05) is 0 Å². The van der Waals surface area contributed by atoms with Gasteiger partial charge in [0.25, 0.3) is 0 Å². The largest absolute Gasteiger partial charge is 1.00 e. The van der Waals surface area contributed by atoms with Gasteiger partial charge in [-0.25, -0.2) is 19.2 Å². The topological polar surface area (TPSA) is 161 Å². The van der Waals surface area contributed by atoms with E-state index >= 15 is 0 Å². The summed E-state index contributed by atoms with van der Waals surface area (Å²) in [5.74, 6) is -7.61. The number of carbonyl (C=O) groups is 6. The molecule has 0 saturated heterocycles. The van der Waals surface area contributed by atoms with Crippen LogP contribution in [0, 0.1) is 0 Å². The minimum Gasteiger partial charge on any atom is -1.00 e. The maximum Gasteiger partial charge on any atom is 1.00 e. The summed E-state index contributed by atoms with van der Waals surface area (Å²) in [7, 11) is 0. The molecule has 0 spiro atoms.